The quantitative estimate of drug-likeness (QED) is 0.0993. The smallest absolute Gasteiger partial charge is 0.407 e. The number of benzene rings is 2. The van der Waals surface area contributed by atoms with Crippen molar-refractivity contribution in [1.82, 2.24) is 35.6 Å². The maximum Gasteiger partial charge on any atom is 0.407 e. The molecule has 0 bridgehead atoms. The number of nitrogens with zero attached hydrogens (tertiary/aromatic N) is 2. The lowest BCUT2D eigenvalue weighted by Crippen LogP contribution is -2.48. The molecule has 6 rings (SSSR count). The Morgan fingerprint density at radius 1 is 0.904 bits per heavy atom. The molecule has 0 aliphatic heterocycles. The van der Waals surface area contributed by atoms with Crippen LogP contribution in [0, 0.1) is 18.8 Å². The molecule has 13 heteroatoms. The standard InChI is InChI=1S/C39H48N8O5/c1-21(2)33-42-30-17-22(3)32(46-34(30)47-33)25-11-7-23(8-12-25)18-31(36(49)41-27-15-16-28-29(19-27)45-37(50)44-28)43-35(48)26-13-9-24(10-14-26)20-40-38(51)52-39(4,5)6/h7-8,11-12,15-17,19,21,24,26,31H,9-10,13-14,18,20H2,1-6H3,(H,40,51)(H,41,49)(H,43,48)(H,42,46,47)(H2,44,45,50)/t24?,26?,31-/m0/s1. The Balaban J connectivity index is 1.15. The summed E-state index contributed by atoms with van der Waals surface area (Å²) in [6, 6.07) is 14.2. The largest absolute Gasteiger partial charge is 0.444 e. The highest BCUT2D eigenvalue weighted by Crippen LogP contribution is 2.30. The van der Waals surface area contributed by atoms with E-state index in [2.05, 4.69) is 55.8 Å². The van der Waals surface area contributed by atoms with Crippen LogP contribution >= 0.6 is 0 Å². The maximum atomic E-state index is 13.8. The Labute approximate surface area is 302 Å². The van der Waals surface area contributed by atoms with Gasteiger partial charge in [-0.15, -0.1) is 0 Å². The van der Waals surface area contributed by atoms with E-state index < -0.39 is 17.7 Å². The molecular weight excluding hydrogens is 660 g/mol. The Kier molecular flexibility index (Phi) is 10.5. The number of nitrogens with one attached hydrogen (secondary N) is 6. The van der Waals surface area contributed by atoms with Crippen LogP contribution in [0.2, 0.25) is 0 Å². The first kappa shape index (κ1) is 36.3. The van der Waals surface area contributed by atoms with Crippen LogP contribution in [0.15, 0.2) is 53.3 Å². The maximum absolute atomic E-state index is 13.8. The average molecular weight is 709 g/mol. The van der Waals surface area contributed by atoms with Crippen molar-refractivity contribution in [2.24, 2.45) is 11.8 Å². The third kappa shape index (κ3) is 8.87. The summed E-state index contributed by atoms with van der Waals surface area (Å²) in [5.41, 5.74) is 5.99. The topological polar surface area (TPSA) is 187 Å². The van der Waals surface area contributed by atoms with Crippen molar-refractivity contribution in [2.75, 3.05) is 11.9 Å². The predicted molar refractivity (Wildman–Crippen MR) is 201 cm³/mol. The van der Waals surface area contributed by atoms with E-state index in [1.807, 2.05) is 52.0 Å². The van der Waals surface area contributed by atoms with Crippen LogP contribution in [0.25, 0.3) is 33.5 Å². The van der Waals surface area contributed by atoms with E-state index in [1.54, 1.807) is 18.2 Å². The number of imidazole rings is 2. The number of carbonyl (C=O) groups is 3. The SMILES string of the molecule is Cc1cc2[nH]c(C(C)C)nc2nc1-c1ccc(C[C@H](NC(=O)C2CCC(CNC(=O)OC(C)(C)C)CC2)C(=O)Nc2ccc3[nH]c(=O)[nH]c3c2)cc1. The third-order valence-corrected chi connectivity index (χ3v) is 9.46. The van der Waals surface area contributed by atoms with Gasteiger partial charge in [-0.25, -0.2) is 19.6 Å². The van der Waals surface area contributed by atoms with Gasteiger partial charge in [0.1, 0.15) is 17.5 Å². The number of ether oxygens (including phenoxy) is 1. The van der Waals surface area contributed by atoms with Crippen molar-refractivity contribution < 1.29 is 19.1 Å². The molecule has 1 saturated carbocycles. The molecule has 0 unspecified atom stereocenters. The molecule has 1 atom stereocenters. The van der Waals surface area contributed by atoms with Crippen LogP contribution in [-0.2, 0) is 20.7 Å². The summed E-state index contributed by atoms with van der Waals surface area (Å²) in [6.45, 7) is 12.2. The van der Waals surface area contributed by atoms with Gasteiger partial charge in [-0.3, -0.25) is 9.59 Å². The van der Waals surface area contributed by atoms with Crippen molar-refractivity contribution in [1.29, 1.82) is 0 Å². The van der Waals surface area contributed by atoms with Gasteiger partial charge in [-0.05, 0) is 94.7 Å². The number of alkyl carbamates (subject to hydrolysis) is 1. The summed E-state index contributed by atoms with van der Waals surface area (Å²) >= 11 is 0. The lowest BCUT2D eigenvalue weighted by atomic mass is 9.81. The number of aromatic amines is 3. The lowest BCUT2D eigenvalue weighted by Gasteiger charge is -2.29. The van der Waals surface area contributed by atoms with Gasteiger partial charge < -0.3 is 35.6 Å². The third-order valence-electron chi connectivity index (χ3n) is 9.46. The molecule has 1 aliphatic rings. The van der Waals surface area contributed by atoms with Crippen molar-refractivity contribution >= 4 is 45.8 Å². The molecule has 3 heterocycles. The molecule has 0 radical (unpaired) electrons. The lowest BCUT2D eigenvalue weighted by molar-refractivity contribution is -0.130. The molecule has 13 nitrogen and oxygen atoms in total. The molecule has 52 heavy (non-hydrogen) atoms. The summed E-state index contributed by atoms with van der Waals surface area (Å²) in [5, 5.41) is 8.83. The van der Waals surface area contributed by atoms with Gasteiger partial charge in [0.25, 0.3) is 0 Å². The number of anilines is 1. The van der Waals surface area contributed by atoms with E-state index in [0.29, 0.717) is 41.8 Å². The van der Waals surface area contributed by atoms with Crippen LogP contribution in [-0.4, -0.2) is 61.0 Å². The number of carbonyl (C=O) groups excluding carboxylic acids is 3. The first-order chi connectivity index (χ1) is 24.7. The minimum Gasteiger partial charge on any atom is -0.444 e. The zero-order valence-electron chi connectivity index (χ0n) is 30.6. The first-order valence-corrected chi connectivity index (χ1v) is 18.0. The fraction of sp³-hybridized carbons (Fsp3) is 0.436. The van der Waals surface area contributed by atoms with E-state index in [9.17, 15) is 19.2 Å². The van der Waals surface area contributed by atoms with E-state index >= 15 is 0 Å². The van der Waals surface area contributed by atoms with Gasteiger partial charge in [0, 0.05) is 36.1 Å². The Morgan fingerprint density at radius 3 is 2.31 bits per heavy atom. The summed E-state index contributed by atoms with van der Waals surface area (Å²) in [5.74, 6) is 0.602. The molecule has 0 spiro atoms. The van der Waals surface area contributed by atoms with Crippen molar-refractivity contribution in [3.8, 4) is 11.3 Å². The summed E-state index contributed by atoms with van der Waals surface area (Å²) in [7, 11) is 0. The minimum absolute atomic E-state index is 0.173. The number of hydrogen-bond acceptors (Lipinski definition) is 7. The Bertz CT molecular complexity index is 2130. The van der Waals surface area contributed by atoms with E-state index in [1.165, 1.54) is 0 Å². The number of rotatable bonds is 10. The summed E-state index contributed by atoms with van der Waals surface area (Å²) < 4.78 is 5.35. The Hall–Kier alpha value is -5.46. The van der Waals surface area contributed by atoms with Gasteiger partial charge in [0.15, 0.2) is 5.65 Å². The fourth-order valence-corrected chi connectivity index (χ4v) is 6.67. The number of fused-ring (bicyclic) bond motifs is 2. The second-order valence-electron chi connectivity index (χ2n) is 15.2. The monoisotopic (exact) mass is 708 g/mol. The highest BCUT2D eigenvalue weighted by molar-refractivity contribution is 5.98. The number of aromatic nitrogens is 5. The molecule has 0 saturated heterocycles. The molecule has 2 aromatic carbocycles. The van der Waals surface area contributed by atoms with Crippen LogP contribution in [0.1, 0.15) is 83.2 Å². The minimum atomic E-state index is -0.861. The zero-order valence-corrected chi connectivity index (χ0v) is 30.6. The molecule has 3 aromatic heterocycles. The first-order valence-electron chi connectivity index (χ1n) is 18.0. The molecule has 3 amide bonds. The molecular formula is C39H48N8O5. The van der Waals surface area contributed by atoms with Crippen LogP contribution in [0.4, 0.5) is 10.5 Å². The van der Waals surface area contributed by atoms with E-state index in [4.69, 9.17) is 9.72 Å². The fourth-order valence-electron chi connectivity index (χ4n) is 6.67. The summed E-state index contributed by atoms with van der Waals surface area (Å²) in [4.78, 5) is 69.6. The number of hydrogen-bond donors (Lipinski definition) is 6. The van der Waals surface area contributed by atoms with Gasteiger partial charge >= 0.3 is 11.8 Å². The molecule has 1 fully saturated rings. The highest BCUT2D eigenvalue weighted by atomic mass is 16.6. The number of amides is 3. The normalized spacial score (nSPS) is 16.9. The van der Waals surface area contributed by atoms with Crippen molar-refractivity contribution in [3.05, 3.63) is 76.0 Å². The van der Waals surface area contributed by atoms with Crippen LogP contribution < -0.4 is 21.6 Å². The van der Waals surface area contributed by atoms with Crippen LogP contribution in [0.5, 0.6) is 0 Å². The molecule has 6 N–H and O–H groups in total. The van der Waals surface area contributed by atoms with Gasteiger partial charge in [0.2, 0.25) is 11.8 Å². The zero-order chi connectivity index (χ0) is 37.2. The van der Waals surface area contributed by atoms with Crippen molar-refractivity contribution in [2.45, 2.75) is 91.2 Å². The second-order valence-corrected chi connectivity index (χ2v) is 15.2. The molecule has 5 aromatic rings. The molecule has 1 aliphatic carbocycles. The van der Waals surface area contributed by atoms with E-state index in [-0.39, 0.29) is 41.7 Å². The van der Waals surface area contributed by atoms with Crippen molar-refractivity contribution in [3.63, 3.8) is 0 Å². The Morgan fingerprint density at radius 2 is 1.62 bits per heavy atom. The average Bonchev–Trinajstić information content (AvgIpc) is 3.68. The number of pyridine rings is 1. The van der Waals surface area contributed by atoms with Crippen LogP contribution in [0.3, 0.4) is 0 Å². The van der Waals surface area contributed by atoms with Gasteiger partial charge in [0.05, 0.1) is 22.2 Å². The predicted octanol–water partition coefficient (Wildman–Crippen LogP) is 6.22. The van der Waals surface area contributed by atoms with Gasteiger partial charge in [-0.2, -0.15) is 0 Å². The number of aryl methyl sites for hydroxylation is 1. The van der Waals surface area contributed by atoms with E-state index in [0.717, 1.165) is 46.6 Å². The highest BCUT2D eigenvalue weighted by Gasteiger charge is 2.30. The second kappa shape index (κ2) is 15.0. The number of H-pyrrole nitrogens is 3. The molecule has 274 valence electrons. The summed E-state index contributed by atoms with van der Waals surface area (Å²) in [6.07, 6.45) is 2.67. The van der Waals surface area contributed by atoms with Gasteiger partial charge in [-0.1, -0.05) is 38.1 Å².